The Morgan fingerprint density at radius 1 is 1.43 bits per heavy atom. The number of nitrogens with two attached hydrogens (primary N) is 1. The first kappa shape index (κ1) is 15.6. The molecule has 1 aromatic rings. The molecule has 1 aliphatic heterocycles. The van der Waals surface area contributed by atoms with E-state index in [2.05, 4.69) is 0 Å². The Bertz CT molecular complexity index is 540. The molecule has 2 N–H and O–H groups in total. The highest BCUT2D eigenvalue weighted by atomic mass is 19.4. The van der Waals surface area contributed by atoms with Gasteiger partial charge in [-0.05, 0) is 42.7 Å². The van der Waals surface area contributed by atoms with E-state index in [1.165, 1.54) is 24.3 Å². The van der Waals surface area contributed by atoms with E-state index in [1.54, 1.807) is 4.90 Å². The van der Waals surface area contributed by atoms with E-state index in [0.717, 1.165) is 18.6 Å². The fraction of sp³-hybridized carbons (Fsp3) is 0.400. The van der Waals surface area contributed by atoms with Gasteiger partial charge in [0.25, 0.3) is 0 Å². The molecule has 1 atom stereocenters. The second kappa shape index (κ2) is 6.30. The highest BCUT2D eigenvalue weighted by Gasteiger charge is 2.30. The summed E-state index contributed by atoms with van der Waals surface area (Å²) in [4.78, 5) is 13.6. The zero-order valence-corrected chi connectivity index (χ0v) is 11.4. The van der Waals surface area contributed by atoms with Crippen molar-refractivity contribution in [2.75, 3.05) is 19.6 Å². The van der Waals surface area contributed by atoms with E-state index < -0.39 is 11.7 Å². The number of benzene rings is 1. The summed E-state index contributed by atoms with van der Waals surface area (Å²) in [6, 6.07) is 4.89. The van der Waals surface area contributed by atoms with Crippen molar-refractivity contribution in [2.24, 2.45) is 11.7 Å². The van der Waals surface area contributed by atoms with Crippen molar-refractivity contribution < 1.29 is 18.0 Å². The van der Waals surface area contributed by atoms with Gasteiger partial charge in [-0.2, -0.15) is 13.2 Å². The van der Waals surface area contributed by atoms with Crippen molar-refractivity contribution in [3.63, 3.8) is 0 Å². The number of hydrogen-bond donors (Lipinski definition) is 1. The van der Waals surface area contributed by atoms with Crippen LogP contribution in [0.25, 0.3) is 6.08 Å². The number of hydrogen-bond acceptors (Lipinski definition) is 2. The van der Waals surface area contributed by atoms with E-state index >= 15 is 0 Å². The Balaban J connectivity index is 2.03. The van der Waals surface area contributed by atoms with E-state index in [1.807, 2.05) is 0 Å². The minimum atomic E-state index is -4.38. The Morgan fingerprint density at radius 3 is 2.81 bits per heavy atom. The number of alkyl halides is 3. The summed E-state index contributed by atoms with van der Waals surface area (Å²) in [7, 11) is 0. The van der Waals surface area contributed by atoms with Crippen LogP contribution < -0.4 is 5.73 Å². The van der Waals surface area contributed by atoms with Gasteiger partial charge in [0.05, 0.1) is 5.56 Å². The van der Waals surface area contributed by atoms with E-state index in [9.17, 15) is 18.0 Å². The second-order valence-corrected chi connectivity index (χ2v) is 5.13. The molecular formula is C15H17F3N2O. The van der Waals surface area contributed by atoms with Crippen LogP contribution in [0.15, 0.2) is 30.3 Å². The van der Waals surface area contributed by atoms with Crippen molar-refractivity contribution in [2.45, 2.75) is 12.6 Å². The zero-order valence-electron chi connectivity index (χ0n) is 11.4. The van der Waals surface area contributed by atoms with Gasteiger partial charge in [-0.15, -0.1) is 0 Å². The molecule has 1 saturated heterocycles. The van der Waals surface area contributed by atoms with Crippen LogP contribution >= 0.6 is 0 Å². The molecule has 2 rings (SSSR count). The van der Waals surface area contributed by atoms with Gasteiger partial charge < -0.3 is 10.6 Å². The predicted molar refractivity (Wildman–Crippen MR) is 74.2 cm³/mol. The lowest BCUT2D eigenvalue weighted by Gasteiger charge is -2.13. The zero-order chi connectivity index (χ0) is 15.5. The average Bonchev–Trinajstić information content (AvgIpc) is 2.93. The molecule has 1 heterocycles. The molecule has 0 aliphatic carbocycles. The maximum atomic E-state index is 12.6. The van der Waals surface area contributed by atoms with Gasteiger partial charge in [0, 0.05) is 19.2 Å². The number of rotatable bonds is 3. The molecule has 0 spiro atoms. The summed E-state index contributed by atoms with van der Waals surface area (Å²) >= 11 is 0. The van der Waals surface area contributed by atoms with Crippen molar-refractivity contribution >= 4 is 12.0 Å². The van der Waals surface area contributed by atoms with Crippen LogP contribution in [0.2, 0.25) is 0 Å². The van der Waals surface area contributed by atoms with Crippen LogP contribution in [-0.4, -0.2) is 30.4 Å². The molecule has 6 heteroatoms. The maximum absolute atomic E-state index is 12.6. The highest BCUT2D eigenvalue weighted by molar-refractivity contribution is 5.92. The Hall–Kier alpha value is -1.82. The number of halogens is 3. The lowest BCUT2D eigenvalue weighted by atomic mass is 10.1. The smallest absolute Gasteiger partial charge is 0.339 e. The van der Waals surface area contributed by atoms with Gasteiger partial charge >= 0.3 is 6.18 Å². The molecule has 1 aromatic carbocycles. The van der Waals surface area contributed by atoms with Crippen molar-refractivity contribution in [1.29, 1.82) is 0 Å². The third kappa shape index (κ3) is 4.07. The minimum absolute atomic E-state index is 0.191. The largest absolute Gasteiger partial charge is 0.416 e. The van der Waals surface area contributed by atoms with Crippen LogP contribution in [0.3, 0.4) is 0 Å². The first-order valence-electron chi connectivity index (χ1n) is 6.74. The normalized spacial score (nSPS) is 19.4. The topological polar surface area (TPSA) is 46.3 Å². The van der Waals surface area contributed by atoms with Crippen molar-refractivity contribution in [3.05, 3.63) is 41.5 Å². The number of carbonyl (C=O) groups excluding carboxylic acids is 1. The number of likely N-dealkylation sites (tertiary alicyclic amines) is 1. The summed E-state index contributed by atoms with van der Waals surface area (Å²) in [5, 5.41) is 0. The molecule has 3 nitrogen and oxygen atoms in total. The molecule has 21 heavy (non-hydrogen) atoms. The summed E-state index contributed by atoms with van der Waals surface area (Å²) in [5.41, 5.74) is 5.19. The monoisotopic (exact) mass is 298 g/mol. The SMILES string of the molecule is NCC1CCN(C(=O)/C=C/c2cccc(C(F)(F)F)c2)C1. The van der Waals surface area contributed by atoms with Crippen molar-refractivity contribution in [3.8, 4) is 0 Å². The van der Waals surface area contributed by atoms with E-state index in [0.29, 0.717) is 31.1 Å². The van der Waals surface area contributed by atoms with E-state index in [4.69, 9.17) is 5.73 Å². The molecular weight excluding hydrogens is 281 g/mol. The molecule has 0 aromatic heterocycles. The number of amides is 1. The fourth-order valence-electron chi connectivity index (χ4n) is 2.32. The molecule has 0 bridgehead atoms. The van der Waals surface area contributed by atoms with Gasteiger partial charge in [0.2, 0.25) is 5.91 Å². The van der Waals surface area contributed by atoms with E-state index in [-0.39, 0.29) is 5.91 Å². The molecule has 0 saturated carbocycles. The standard InChI is InChI=1S/C15H17F3N2O/c16-15(17,18)13-3-1-2-11(8-13)4-5-14(21)20-7-6-12(9-19)10-20/h1-5,8,12H,6-7,9-10,19H2/b5-4+. The quantitative estimate of drug-likeness (QED) is 0.872. The summed E-state index contributed by atoms with van der Waals surface area (Å²) in [6.45, 7) is 1.80. The third-order valence-electron chi connectivity index (χ3n) is 3.56. The predicted octanol–water partition coefficient (Wildman–Crippen LogP) is 2.53. The Morgan fingerprint density at radius 2 is 2.19 bits per heavy atom. The molecule has 0 radical (unpaired) electrons. The van der Waals surface area contributed by atoms with Gasteiger partial charge in [0.1, 0.15) is 0 Å². The van der Waals surface area contributed by atoms with Crippen LogP contribution in [0.4, 0.5) is 13.2 Å². The lowest BCUT2D eigenvalue weighted by molar-refractivity contribution is -0.137. The summed E-state index contributed by atoms with van der Waals surface area (Å²) in [6.07, 6.45) is -0.779. The Labute approximate surface area is 121 Å². The van der Waals surface area contributed by atoms with Gasteiger partial charge in [-0.1, -0.05) is 12.1 Å². The number of nitrogens with zero attached hydrogens (tertiary/aromatic N) is 1. The average molecular weight is 298 g/mol. The van der Waals surface area contributed by atoms with Gasteiger partial charge in [-0.3, -0.25) is 4.79 Å². The fourth-order valence-corrected chi connectivity index (χ4v) is 2.32. The molecule has 1 fully saturated rings. The third-order valence-corrected chi connectivity index (χ3v) is 3.56. The van der Waals surface area contributed by atoms with Gasteiger partial charge in [0.15, 0.2) is 0 Å². The first-order chi connectivity index (χ1) is 9.90. The van der Waals surface area contributed by atoms with Gasteiger partial charge in [-0.25, -0.2) is 0 Å². The molecule has 114 valence electrons. The van der Waals surface area contributed by atoms with Crippen LogP contribution in [0, 0.1) is 5.92 Å². The maximum Gasteiger partial charge on any atom is 0.416 e. The van der Waals surface area contributed by atoms with Crippen molar-refractivity contribution in [1.82, 2.24) is 4.90 Å². The second-order valence-electron chi connectivity index (χ2n) is 5.13. The molecule has 1 unspecified atom stereocenters. The number of carbonyl (C=O) groups is 1. The summed E-state index contributed by atoms with van der Waals surface area (Å²) in [5.74, 6) is 0.124. The van der Waals surface area contributed by atoms with Crippen LogP contribution in [0.5, 0.6) is 0 Å². The minimum Gasteiger partial charge on any atom is -0.339 e. The molecule has 1 aliphatic rings. The highest BCUT2D eigenvalue weighted by Crippen LogP contribution is 2.29. The Kier molecular flexibility index (Phi) is 4.67. The summed E-state index contributed by atoms with van der Waals surface area (Å²) < 4.78 is 37.7. The molecule has 1 amide bonds. The van der Waals surface area contributed by atoms with Crippen LogP contribution in [0.1, 0.15) is 17.5 Å². The van der Waals surface area contributed by atoms with Crippen LogP contribution in [-0.2, 0) is 11.0 Å². The first-order valence-corrected chi connectivity index (χ1v) is 6.74. The lowest BCUT2D eigenvalue weighted by Crippen LogP contribution is -2.28.